The molecule has 0 spiro atoms. The van der Waals surface area contributed by atoms with Gasteiger partial charge < -0.3 is 19.1 Å². The molecule has 2 rings (SSSR count). The van der Waals surface area contributed by atoms with Gasteiger partial charge in [-0.3, -0.25) is 9.36 Å². The molecule has 1 aromatic heterocycles. The second kappa shape index (κ2) is 10.8. The van der Waals surface area contributed by atoms with E-state index in [4.69, 9.17) is 19.1 Å². The third-order valence-corrected chi connectivity index (χ3v) is 7.23. The maximum atomic E-state index is 13.4. The number of benzene rings is 1. The summed E-state index contributed by atoms with van der Waals surface area (Å²) < 4.78 is 29.9. The lowest BCUT2D eigenvalue weighted by Crippen LogP contribution is -2.34. The number of carboxylic acid groups (broad SMARTS) is 1. The topological polar surface area (TPSA) is 111 Å². The smallest absolute Gasteiger partial charge is 0.345 e. The minimum atomic E-state index is -3.45. The molecule has 2 aromatic rings. The zero-order valence-corrected chi connectivity index (χ0v) is 18.4. The zero-order valence-electron chi connectivity index (χ0n) is 16.7. The van der Waals surface area contributed by atoms with Crippen molar-refractivity contribution in [1.29, 1.82) is 0 Å². The van der Waals surface area contributed by atoms with Crippen LogP contribution >= 0.6 is 18.9 Å². The first-order valence-corrected chi connectivity index (χ1v) is 11.8. The molecule has 0 saturated carbocycles. The lowest BCUT2D eigenvalue weighted by atomic mass is 10.2. The highest BCUT2D eigenvalue weighted by molar-refractivity contribution is 7.56. The number of thiophene rings is 1. The van der Waals surface area contributed by atoms with E-state index in [1.54, 1.807) is 31.2 Å². The van der Waals surface area contributed by atoms with Crippen LogP contribution in [0.3, 0.4) is 0 Å². The second-order valence-electron chi connectivity index (χ2n) is 6.46. The predicted octanol–water partition coefficient (Wildman–Crippen LogP) is 3.89. The molecule has 29 heavy (non-hydrogen) atoms. The van der Waals surface area contributed by atoms with Crippen molar-refractivity contribution in [3.05, 3.63) is 34.7 Å². The van der Waals surface area contributed by atoms with Crippen LogP contribution in [0.5, 0.6) is 0 Å². The number of aromatic carboxylic acids is 1. The molecule has 0 saturated heterocycles. The van der Waals surface area contributed by atoms with Gasteiger partial charge >= 0.3 is 11.9 Å². The molecule has 8 nitrogen and oxygen atoms in total. The highest BCUT2D eigenvalue weighted by Gasteiger charge is 2.29. The van der Waals surface area contributed by atoms with Crippen LogP contribution in [-0.4, -0.2) is 50.0 Å². The average Bonchev–Trinajstić information content (AvgIpc) is 3.09. The van der Waals surface area contributed by atoms with Crippen LogP contribution in [0.15, 0.2) is 24.3 Å². The summed E-state index contributed by atoms with van der Waals surface area (Å²) in [7, 11) is -1.94. The van der Waals surface area contributed by atoms with Crippen LogP contribution < -0.4 is 5.09 Å². The van der Waals surface area contributed by atoms with Crippen molar-refractivity contribution in [3.8, 4) is 0 Å². The molecule has 2 atom stereocenters. The SMILES string of the molecule is CCCOC(=O)[C@H](C)NP(=O)(Cc1ccc2sc(C(=O)O)cc2c1)OCCOC. The monoisotopic (exact) mass is 443 g/mol. The van der Waals surface area contributed by atoms with Crippen molar-refractivity contribution in [2.75, 3.05) is 26.9 Å². The maximum absolute atomic E-state index is 13.4. The molecule has 0 radical (unpaired) electrons. The van der Waals surface area contributed by atoms with E-state index in [9.17, 15) is 14.2 Å². The van der Waals surface area contributed by atoms with Gasteiger partial charge in [0.05, 0.1) is 26.0 Å². The summed E-state index contributed by atoms with van der Waals surface area (Å²) in [6, 6.07) is 6.13. The number of hydrogen-bond acceptors (Lipinski definition) is 7. The van der Waals surface area contributed by atoms with Crippen molar-refractivity contribution in [2.45, 2.75) is 32.5 Å². The highest BCUT2D eigenvalue weighted by Crippen LogP contribution is 2.47. The van der Waals surface area contributed by atoms with Crippen LogP contribution in [0.25, 0.3) is 10.1 Å². The first-order valence-electron chi connectivity index (χ1n) is 9.20. The average molecular weight is 443 g/mol. The van der Waals surface area contributed by atoms with Gasteiger partial charge in [-0.1, -0.05) is 13.0 Å². The Kier molecular flexibility index (Phi) is 8.79. The number of hydrogen-bond donors (Lipinski definition) is 2. The fourth-order valence-corrected chi connectivity index (χ4v) is 5.49. The molecule has 0 aliphatic heterocycles. The van der Waals surface area contributed by atoms with Gasteiger partial charge in [0.1, 0.15) is 10.9 Å². The van der Waals surface area contributed by atoms with Crippen LogP contribution in [-0.2, 0) is 29.5 Å². The summed E-state index contributed by atoms with van der Waals surface area (Å²) in [6.45, 7) is 4.11. The first-order chi connectivity index (χ1) is 13.8. The van der Waals surface area contributed by atoms with E-state index in [0.717, 1.165) is 10.1 Å². The molecule has 0 bridgehead atoms. The van der Waals surface area contributed by atoms with E-state index < -0.39 is 25.5 Å². The summed E-state index contributed by atoms with van der Waals surface area (Å²) in [5.41, 5.74) is 0.703. The predicted molar refractivity (Wildman–Crippen MR) is 112 cm³/mol. The molecule has 1 aromatic carbocycles. The van der Waals surface area contributed by atoms with Gasteiger partial charge in [0.15, 0.2) is 0 Å². The number of ether oxygens (including phenoxy) is 2. The van der Waals surface area contributed by atoms with Crippen molar-refractivity contribution >= 4 is 40.9 Å². The normalized spacial score (nSPS) is 14.4. The summed E-state index contributed by atoms with van der Waals surface area (Å²) in [4.78, 5) is 23.5. The summed E-state index contributed by atoms with van der Waals surface area (Å²) in [5.74, 6) is -1.48. The summed E-state index contributed by atoms with van der Waals surface area (Å²) in [5, 5.41) is 12.7. The number of fused-ring (bicyclic) bond motifs is 1. The van der Waals surface area contributed by atoms with Gasteiger partial charge in [-0.2, -0.15) is 0 Å². The van der Waals surface area contributed by atoms with E-state index in [1.165, 1.54) is 18.4 Å². The van der Waals surface area contributed by atoms with E-state index in [1.807, 2.05) is 6.92 Å². The van der Waals surface area contributed by atoms with Gasteiger partial charge in [0, 0.05) is 11.8 Å². The maximum Gasteiger partial charge on any atom is 0.345 e. The Balaban J connectivity index is 2.20. The molecule has 10 heteroatoms. The number of carbonyl (C=O) groups is 2. The molecule has 0 amide bonds. The van der Waals surface area contributed by atoms with Gasteiger partial charge in [-0.25, -0.2) is 9.88 Å². The number of carboxylic acids is 1. The van der Waals surface area contributed by atoms with Gasteiger partial charge in [-0.15, -0.1) is 11.3 Å². The van der Waals surface area contributed by atoms with Gasteiger partial charge in [0.2, 0.25) is 0 Å². The number of methoxy groups -OCH3 is 1. The lowest BCUT2D eigenvalue weighted by Gasteiger charge is -2.23. The van der Waals surface area contributed by atoms with E-state index in [0.29, 0.717) is 18.6 Å². The van der Waals surface area contributed by atoms with Gasteiger partial charge in [0.25, 0.3) is 7.52 Å². The molecule has 160 valence electrons. The van der Waals surface area contributed by atoms with Crippen LogP contribution in [0.2, 0.25) is 0 Å². The van der Waals surface area contributed by atoms with Crippen molar-refractivity contribution in [2.24, 2.45) is 0 Å². The van der Waals surface area contributed by atoms with E-state index >= 15 is 0 Å². The first kappa shape index (κ1) is 23.5. The van der Waals surface area contributed by atoms with Crippen molar-refractivity contribution < 1.29 is 33.3 Å². The number of rotatable bonds is 12. The molecule has 0 aliphatic rings. The van der Waals surface area contributed by atoms with Crippen molar-refractivity contribution in [3.63, 3.8) is 0 Å². The van der Waals surface area contributed by atoms with Gasteiger partial charge in [-0.05, 0) is 42.5 Å². The number of nitrogens with one attached hydrogen (secondary N) is 1. The minimum Gasteiger partial charge on any atom is -0.477 e. The fraction of sp³-hybridized carbons (Fsp3) is 0.474. The zero-order chi connectivity index (χ0) is 21.4. The Labute approximate surface area is 173 Å². The Morgan fingerprint density at radius 3 is 2.66 bits per heavy atom. The molecule has 0 fully saturated rings. The molecule has 1 heterocycles. The Hall–Kier alpha value is -1.77. The van der Waals surface area contributed by atoms with Crippen LogP contribution in [0.4, 0.5) is 0 Å². The van der Waals surface area contributed by atoms with Crippen LogP contribution in [0.1, 0.15) is 35.5 Å². The van der Waals surface area contributed by atoms with E-state index in [-0.39, 0.29) is 24.3 Å². The quantitative estimate of drug-likeness (QED) is 0.289. The highest BCUT2D eigenvalue weighted by atomic mass is 32.1. The molecule has 2 N–H and O–H groups in total. The third kappa shape index (κ3) is 6.90. The molecular formula is C19H26NO7PS. The van der Waals surface area contributed by atoms with Crippen LogP contribution in [0, 0.1) is 0 Å². The standard InChI is InChI=1S/C19H26NO7PS/c1-4-7-26-19(23)13(2)20-28(24,27-9-8-25-3)12-14-5-6-16-15(10-14)11-17(29-16)18(21)22/h5-6,10-11,13H,4,7-9,12H2,1-3H3,(H,20,24)(H,21,22)/t13-,28?/m0/s1. The minimum absolute atomic E-state index is 0.0380. The van der Waals surface area contributed by atoms with E-state index in [2.05, 4.69) is 5.09 Å². The lowest BCUT2D eigenvalue weighted by molar-refractivity contribution is -0.145. The molecular weight excluding hydrogens is 417 g/mol. The third-order valence-electron chi connectivity index (χ3n) is 3.96. The number of carbonyl (C=O) groups excluding carboxylic acids is 1. The summed E-state index contributed by atoms with van der Waals surface area (Å²) >= 11 is 1.18. The largest absolute Gasteiger partial charge is 0.477 e. The Bertz CT molecular complexity index is 898. The molecule has 0 aliphatic carbocycles. The number of esters is 1. The fourth-order valence-electron chi connectivity index (χ4n) is 2.61. The Morgan fingerprint density at radius 1 is 1.24 bits per heavy atom. The summed E-state index contributed by atoms with van der Waals surface area (Å²) in [6.07, 6.45) is 0.732. The second-order valence-corrected chi connectivity index (χ2v) is 9.73. The Morgan fingerprint density at radius 2 is 2.00 bits per heavy atom. The van der Waals surface area contributed by atoms with Crippen molar-refractivity contribution in [1.82, 2.24) is 5.09 Å². The molecule has 1 unspecified atom stereocenters.